The molecule has 4 rings (SSSR count). The van der Waals surface area contributed by atoms with E-state index in [4.69, 9.17) is 5.73 Å². The van der Waals surface area contributed by atoms with Gasteiger partial charge in [-0.05, 0) is 49.4 Å². The molecular weight excluding hydrogens is 478 g/mol. The first-order valence-electron chi connectivity index (χ1n) is 12.2. The van der Waals surface area contributed by atoms with Crippen molar-refractivity contribution in [2.75, 3.05) is 37.6 Å². The van der Waals surface area contributed by atoms with Crippen LogP contribution in [-0.2, 0) is 11.0 Å². The average molecular weight is 510 g/mol. The van der Waals surface area contributed by atoms with Crippen LogP contribution in [0.4, 0.5) is 23.4 Å². The Hall–Kier alpha value is -2.79. The lowest BCUT2D eigenvalue weighted by molar-refractivity contribution is -0.140. The zero-order valence-corrected chi connectivity index (χ0v) is 20.1. The molecule has 3 N–H and O–H groups in total. The lowest BCUT2D eigenvalue weighted by Gasteiger charge is -2.38. The van der Waals surface area contributed by atoms with Gasteiger partial charge in [0.25, 0.3) is 0 Å². The number of hydrogen-bond acceptors (Lipinski definition) is 6. The maximum atomic E-state index is 14.3. The molecule has 1 aromatic carbocycles. The average Bonchev–Trinajstić information content (AvgIpc) is 3.14. The zero-order chi connectivity index (χ0) is 26.0. The number of hydrogen-bond donors (Lipinski definition) is 2. The number of benzene rings is 1. The van der Waals surface area contributed by atoms with Crippen LogP contribution in [0.2, 0.25) is 0 Å². The van der Waals surface area contributed by atoms with Gasteiger partial charge in [0.2, 0.25) is 5.91 Å². The molecule has 2 aliphatic rings. The van der Waals surface area contributed by atoms with Crippen molar-refractivity contribution in [3.63, 3.8) is 0 Å². The van der Waals surface area contributed by atoms with E-state index in [-0.39, 0.29) is 17.4 Å². The van der Waals surface area contributed by atoms with Gasteiger partial charge in [-0.25, -0.2) is 14.4 Å². The number of aromatic nitrogens is 2. The molecule has 1 aliphatic carbocycles. The van der Waals surface area contributed by atoms with Crippen molar-refractivity contribution >= 4 is 11.7 Å². The molecule has 0 spiro atoms. The van der Waals surface area contributed by atoms with Gasteiger partial charge in [0.05, 0.1) is 23.3 Å². The summed E-state index contributed by atoms with van der Waals surface area (Å²) in [4.78, 5) is 25.9. The fraction of sp³-hybridized carbons (Fsp3) is 0.560. The molecule has 1 saturated heterocycles. The monoisotopic (exact) mass is 509 g/mol. The highest BCUT2D eigenvalue weighted by molar-refractivity contribution is 5.84. The summed E-state index contributed by atoms with van der Waals surface area (Å²) in [6.45, 7) is 4.26. The van der Waals surface area contributed by atoms with Gasteiger partial charge in [-0.1, -0.05) is 19.4 Å². The number of amides is 1. The van der Waals surface area contributed by atoms with Crippen LogP contribution in [0.5, 0.6) is 0 Å². The largest absolute Gasteiger partial charge is 0.419 e. The van der Waals surface area contributed by atoms with Crippen LogP contribution in [0.15, 0.2) is 24.5 Å². The number of nitrogens with zero attached hydrogens (tertiary/aromatic N) is 4. The van der Waals surface area contributed by atoms with Crippen LogP contribution in [-0.4, -0.2) is 58.6 Å². The number of carbonyl (C=O) groups is 1. The van der Waals surface area contributed by atoms with E-state index in [9.17, 15) is 27.5 Å². The van der Waals surface area contributed by atoms with Gasteiger partial charge < -0.3 is 20.6 Å². The minimum atomic E-state index is -4.80. The van der Waals surface area contributed by atoms with Crippen molar-refractivity contribution in [3.8, 4) is 0 Å². The highest BCUT2D eigenvalue weighted by Crippen LogP contribution is 2.43. The quantitative estimate of drug-likeness (QED) is 0.436. The summed E-state index contributed by atoms with van der Waals surface area (Å²) in [6, 6.07) is 2.74. The summed E-state index contributed by atoms with van der Waals surface area (Å²) >= 11 is 0. The van der Waals surface area contributed by atoms with Gasteiger partial charge in [-0.2, -0.15) is 13.2 Å². The predicted octanol–water partition coefficient (Wildman–Crippen LogP) is 3.74. The molecule has 7 nitrogen and oxygen atoms in total. The van der Waals surface area contributed by atoms with Gasteiger partial charge >= 0.3 is 6.18 Å². The summed E-state index contributed by atoms with van der Waals surface area (Å²) in [6.07, 6.45) is -1.75. The van der Waals surface area contributed by atoms with E-state index in [1.54, 1.807) is 4.90 Å². The molecule has 1 amide bonds. The number of rotatable bonds is 7. The van der Waals surface area contributed by atoms with Gasteiger partial charge in [-0.3, -0.25) is 4.79 Å². The number of aliphatic hydroxyl groups excluding tert-OH is 1. The Balaban J connectivity index is 1.50. The van der Waals surface area contributed by atoms with E-state index >= 15 is 0 Å². The topological polar surface area (TPSA) is 95.6 Å². The minimum absolute atomic E-state index is 0.118. The number of carbonyl (C=O) groups excluding carboxylic acids is 1. The van der Waals surface area contributed by atoms with Crippen LogP contribution in [0, 0.1) is 5.82 Å². The molecule has 1 fully saturated rings. The third kappa shape index (κ3) is 5.31. The molecule has 2 heterocycles. The molecule has 0 saturated carbocycles. The summed E-state index contributed by atoms with van der Waals surface area (Å²) in [5.41, 5.74) is 6.06. The van der Waals surface area contributed by atoms with Crippen molar-refractivity contribution in [2.45, 2.75) is 56.7 Å². The molecule has 11 heteroatoms. The number of nitrogens with two attached hydrogens (primary N) is 1. The first kappa shape index (κ1) is 26.3. The fourth-order valence-corrected chi connectivity index (χ4v) is 5.22. The number of piperazine rings is 1. The fourth-order valence-electron chi connectivity index (χ4n) is 5.22. The summed E-state index contributed by atoms with van der Waals surface area (Å²) in [5, 5.41) is 10.3. The number of aliphatic hydroxyl groups is 1. The molecule has 1 aliphatic heterocycles. The number of anilines is 1. The van der Waals surface area contributed by atoms with E-state index in [0.717, 1.165) is 17.4 Å². The number of fused-ring (bicyclic) bond motifs is 1. The van der Waals surface area contributed by atoms with E-state index in [1.165, 1.54) is 12.4 Å². The maximum absolute atomic E-state index is 14.3. The Bertz CT molecular complexity index is 1090. The second kappa shape index (κ2) is 10.7. The molecule has 36 heavy (non-hydrogen) atoms. The minimum Gasteiger partial charge on any atom is -0.387 e. The smallest absolute Gasteiger partial charge is 0.387 e. The second-order valence-corrected chi connectivity index (χ2v) is 9.54. The van der Waals surface area contributed by atoms with Crippen LogP contribution in [0.1, 0.15) is 72.9 Å². The van der Waals surface area contributed by atoms with Crippen LogP contribution < -0.4 is 10.6 Å². The van der Waals surface area contributed by atoms with Gasteiger partial charge in [-0.15, -0.1) is 0 Å². The third-order valence-corrected chi connectivity index (χ3v) is 7.12. The van der Waals surface area contributed by atoms with Gasteiger partial charge in [0.1, 0.15) is 18.0 Å². The highest BCUT2D eigenvalue weighted by atomic mass is 19.4. The molecule has 3 atom stereocenters. The Labute approximate surface area is 207 Å². The molecule has 0 radical (unpaired) electrons. The number of alkyl halides is 3. The molecular formula is C25H31F4N5O2. The van der Waals surface area contributed by atoms with Gasteiger partial charge in [0.15, 0.2) is 0 Å². The van der Waals surface area contributed by atoms with Crippen LogP contribution in [0.25, 0.3) is 0 Å². The first-order chi connectivity index (χ1) is 17.1. The van der Waals surface area contributed by atoms with E-state index in [2.05, 4.69) is 14.9 Å². The Morgan fingerprint density at radius 2 is 1.92 bits per heavy atom. The molecule has 2 aromatic rings. The Morgan fingerprint density at radius 3 is 2.56 bits per heavy atom. The summed E-state index contributed by atoms with van der Waals surface area (Å²) < 4.78 is 53.4. The standard InChI is InChI=1S/C25H31F4N5O2/c1-15-12-20(35)22-21(15)23(32-14-31-22)33-8-10-34(11-9-33)24(36)17(4-2-3-7-30)16-5-6-18(19(26)13-16)25(27,28)29/h5-6,13-15,17,20,35H,2-4,7-12,30H2,1H3/t15-,17-,20+/m1/s1. The molecule has 0 bridgehead atoms. The van der Waals surface area contributed by atoms with Crippen molar-refractivity contribution < 1.29 is 27.5 Å². The third-order valence-electron chi connectivity index (χ3n) is 7.12. The Morgan fingerprint density at radius 1 is 1.19 bits per heavy atom. The van der Waals surface area contributed by atoms with Crippen molar-refractivity contribution in [3.05, 3.63) is 52.7 Å². The molecule has 1 aromatic heterocycles. The molecule has 196 valence electrons. The van der Waals surface area contributed by atoms with E-state index < -0.39 is 29.6 Å². The molecule has 0 unspecified atom stereocenters. The van der Waals surface area contributed by atoms with Crippen molar-refractivity contribution in [1.29, 1.82) is 0 Å². The number of halogens is 4. The first-order valence-corrected chi connectivity index (χ1v) is 12.2. The van der Waals surface area contributed by atoms with Crippen molar-refractivity contribution in [1.82, 2.24) is 14.9 Å². The zero-order valence-electron chi connectivity index (χ0n) is 20.1. The lowest BCUT2D eigenvalue weighted by atomic mass is 9.90. The van der Waals surface area contributed by atoms with Gasteiger partial charge in [0, 0.05) is 31.7 Å². The Kier molecular flexibility index (Phi) is 7.79. The second-order valence-electron chi connectivity index (χ2n) is 9.54. The van der Waals surface area contributed by atoms with Crippen LogP contribution >= 0.6 is 0 Å². The lowest BCUT2D eigenvalue weighted by Crippen LogP contribution is -2.50. The van der Waals surface area contributed by atoms with E-state index in [1.807, 2.05) is 6.92 Å². The van der Waals surface area contributed by atoms with Crippen molar-refractivity contribution in [2.24, 2.45) is 5.73 Å². The highest BCUT2D eigenvalue weighted by Gasteiger charge is 2.37. The normalized spacial score (nSPS) is 21.0. The number of unbranched alkanes of at least 4 members (excludes halogenated alkanes) is 1. The SMILES string of the molecule is C[C@@H]1C[C@H](O)c2ncnc(N3CCN(C(=O)[C@H](CCCCN)c4ccc(C(F)(F)F)c(F)c4)CC3)c21. The van der Waals surface area contributed by atoms with Crippen LogP contribution in [0.3, 0.4) is 0 Å². The summed E-state index contributed by atoms with van der Waals surface area (Å²) in [5.74, 6) is -1.48. The predicted molar refractivity (Wildman–Crippen MR) is 126 cm³/mol. The summed E-state index contributed by atoms with van der Waals surface area (Å²) in [7, 11) is 0. The van der Waals surface area contributed by atoms with E-state index in [0.29, 0.717) is 70.2 Å². The maximum Gasteiger partial charge on any atom is 0.419 e.